The molecule has 0 bridgehead atoms. The number of ether oxygens (including phenoxy) is 1. The Labute approximate surface area is 130 Å². The monoisotopic (exact) mass is 349 g/mol. The number of carbonyl (C=O) groups is 1. The molecule has 0 unspecified atom stereocenters. The Morgan fingerprint density at radius 1 is 1.29 bits per heavy atom. The normalized spacial score (nSPS) is 10.6. The molecule has 0 radical (unpaired) electrons. The minimum Gasteiger partial charge on any atom is -0.497 e. The highest BCUT2D eigenvalue weighted by molar-refractivity contribution is 9.10. The Morgan fingerprint density at radius 3 is 2.81 bits per heavy atom. The van der Waals surface area contributed by atoms with Gasteiger partial charge in [-0.25, -0.2) is 4.39 Å². The van der Waals surface area contributed by atoms with Crippen LogP contribution in [0.1, 0.15) is 10.4 Å². The number of carbonyl (C=O) groups excluding carboxylic acids is 1. The molecule has 0 amide bonds. The lowest BCUT2D eigenvalue weighted by Crippen LogP contribution is -1.98. The van der Waals surface area contributed by atoms with Crippen LogP contribution in [-0.2, 0) is 0 Å². The van der Waals surface area contributed by atoms with Gasteiger partial charge in [0.05, 0.1) is 12.8 Å². The van der Waals surface area contributed by atoms with Crippen molar-refractivity contribution in [1.82, 2.24) is 0 Å². The van der Waals surface area contributed by atoms with Gasteiger partial charge in [0.25, 0.3) is 0 Å². The molecule has 0 aliphatic heterocycles. The Bertz CT molecular complexity index is 686. The first-order valence-corrected chi connectivity index (χ1v) is 6.96. The molecule has 5 heteroatoms. The standard InChI is InChI=1S/C16H13BrFNO2/c1-21-13-4-2-3-11(9-13)16(20)7-8-19-15-6-5-12(17)10-14(15)18/h2-10,19H,1H3. The fourth-order valence-corrected chi connectivity index (χ4v) is 2.02. The second-order valence-corrected chi connectivity index (χ2v) is 5.11. The molecule has 1 N–H and O–H groups in total. The van der Waals surface area contributed by atoms with E-state index < -0.39 is 5.82 Å². The van der Waals surface area contributed by atoms with Crippen LogP contribution in [-0.4, -0.2) is 12.9 Å². The van der Waals surface area contributed by atoms with E-state index in [9.17, 15) is 9.18 Å². The van der Waals surface area contributed by atoms with Gasteiger partial charge in [0.2, 0.25) is 0 Å². The maximum atomic E-state index is 13.6. The van der Waals surface area contributed by atoms with Crippen molar-refractivity contribution in [3.05, 3.63) is 70.6 Å². The summed E-state index contributed by atoms with van der Waals surface area (Å²) in [4.78, 5) is 12.0. The number of hydrogen-bond acceptors (Lipinski definition) is 3. The lowest BCUT2D eigenvalue weighted by Gasteiger charge is -2.03. The van der Waals surface area contributed by atoms with Gasteiger partial charge in [0.15, 0.2) is 5.78 Å². The average molecular weight is 350 g/mol. The molecule has 0 saturated heterocycles. The first-order valence-electron chi connectivity index (χ1n) is 6.16. The van der Waals surface area contributed by atoms with E-state index in [1.165, 1.54) is 25.5 Å². The third-order valence-corrected chi connectivity index (χ3v) is 3.25. The molecular formula is C16H13BrFNO2. The Kier molecular flexibility index (Phi) is 5.11. The van der Waals surface area contributed by atoms with Crippen LogP contribution in [0.15, 0.2) is 59.2 Å². The van der Waals surface area contributed by atoms with Crippen LogP contribution in [0.3, 0.4) is 0 Å². The largest absolute Gasteiger partial charge is 0.497 e. The quantitative estimate of drug-likeness (QED) is 0.641. The van der Waals surface area contributed by atoms with E-state index >= 15 is 0 Å². The number of nitrogens with one attached hydrogen (secondary N) is 1. The first kappa shape index (κ1) is 15.3. The van der Waals surface area contributed by atoms with Gasteiger partial charge in [-0.05, 0) is 30.3 Å². The molecule has 0 aliphatic carbocycles. The van der Waals surface area contributed by atoms with Crippen LogP contribution in [0.4, 0.5) is 10.1 Å². The molecule has 2 aromatic rings. The number of methoxy groups -OCH3 is 1. The number of halogens is 2. The lowest BCUT2D eigenvalue weighted by molar-refractivity contribution is 0.104. The van der Waals surface area contributed by atoms with Crippen molar-refractivity contribution in [2.24, 2.45) is 0 Å². The van der Waals surface area contributed by atoms with Crippen molar-refractivity contribution >= 4 is 27.4 Å². The summed E-state index contributed by atoms with van der Waals surface area (Å²) >= 11 is 3.18. The predicted molar refractivity (Wildman–Crippen MR) is 84.2 cm³/mol. The second kappa shape index (κ2) is 7.04. The summed E-state index contributed by atoms with van der Waals surface area (Å²) in [5, 5.41) is 2.74. The van der Waals surface area contributed by atoms with Gasteiger partial charge in [-0.15, -0.1) is 0 Å². The number of anilines is 1. The van der Waals surface area contributed by atoms with Crippen molar-refractivity contribution in [2.45, 2.75) is 0 Å². The summed E-state index contributed by atoms with van der Waals surface area (Å²) in [6, 6.07) is 11.5. The maximum absolute atomic E-state index is 13.6. The van der Waals surface area contributed by atoms with Crippen molar-refractivity contribution in [3.63, 3.8) is 0 Å². The van der Waals surface area contributed by atoms with E-state index in [-0.39, 0.29) is 5.78 Å². The highest BCUT2D eigenvalue weighted by atomic mass is 79.9. The van der Waals surface area contributed by atoms with Gasteiger partial charge in [0, 0.05) is 22.3 Å². The molecular weight excluding hydrogens is 337 g/mol. The summed E-state index contributed by atoms with van der Waals surface area (Å²) < 4.78 is 19.3. The molecule has 0 spiro atoms. The van der Waals surface area contributed by atoms with Crippen LogP contribution >= 0.6 is 15.9 Å². The third-order valence-electron chi connectivity index (χ3n) is 2.76. The molecule has 2 aromatic carbocycles. The Morgan fingerprint density at radius 2 is 2.10 bits per heavy atom. The number of allylic oxidation sites excluding steroid dienone is 1. The Hall–Kier alpha value is -2.14. The van der Waals surface area contributed by atoms with E-state index in [0.717, 1.165) is 0 Å². The van der Waals surface area contributed by atoms with E-state index in [4.69, 9.17) is 4.74 Å². The Balaban J connectivity index is 2.05. The van der Waals surface area contributed by atoms with Gasteiger partial charge in [-0.3, -0.25) is 4.79 Å². The number of rotatable bonds is 5. The fraction of sp³-hybridized carbons (Fsp3) is 0.0625. The van der Waals surface area contributed by atoms with E-state index in [1.54, 1.807) is 36.4 Å². The molecule has 21 heavy (non-hydrogen) atoms. The highest BCUT2D eigenvalue weighted by Crippen LogP contribution is 2.19. The zero-order valence-electron chi connectivity index (χ0n) is 11.3. The van der Waals surface area contributed by atoms with E-state index in [1.807, 2.05) is 0 Å². The SMILES string of the molecule is COc1cccc(C(=O)C=CNc2ccc(Br)cc2F)c1. The summed E-state index contributed by atoms with van der Waals surface area (Å²) in [5.74, 6) is 0.0166. The summed E-state index contributed by atoms with van der Waals surface area (Å²) in [6.45, 7) is 0. The minimum absolute atomic E-state index is 0.195. The maximum Gasteiger partial charge on any atom is 0.187 e. The molecule has 0 saturated carbocycles. The molecule has 0 aromatic heterocycles. The molecule has 3 nitrogen and oxygen atoms in total. The van der Waals surface area contributed by atoms with Crippen molar-refractivity contribution in [2.75, 3.05) is 12.4 Å². The molecule has 0 fully saturated rings. The van der Waals surface area contributed by atoms with E-state index in [2.05, 4.69) is 21.2 Å². The summed E-state index contributed by atoms with van der Waals surface area (Å²) in [6.07, 6.45) is 2.75. The molecule has 108 valence electrons. The summed E-state index contributed by atoms with van der Waals surface area (Å²) in [5.41, 5.74) is 0.802. The van der Waals surface area contributed by atoms with Gasteiger partial charge in [-0.2, -0.15) is 0 Å². The van der Waals surface area contributed by atoms with Crippen LogP contribution in [0.2, 0.25) is 0 Å². The molecule has 0 heterocycles. The van der Waals surface area contributed by atoms with Crippen LogP contribution in [0.5, 0.6) is 5.75 Å². The zero-order chi connectivity index (χ0) is 15.2. The first-order chi connectivity index (χ1) is 10.1. The average Bonchev–Trinajstić information content (AvgIpc) is 2.49. The number of ketones is 1. The number of hydrogen-bond donors (Lipinski definition) is 1. The third kappa shape index (κ3) is 4.16. The van der Waals surface area contributed by atoms with Gasteiger partial charge < -0.3 is 10.1 Å². The van der Waals surface area contributed by atoms with E-state index in [0.29, 0.717) is 21.5 Å². The lowest BCUT2D eigenvalue weighted by atomic mass is 10.1. The number of benzene rings is 2. The van der Waals surface area contributed by atoms with Crippen LogP contribution in [0.25, 0.3) is 0 Å². The predicted octanol–water partition coefficient (Wildman–Crippen LogP) is 4.41. The zero-order valence-corrected chi connectivity index (χ0v) is 12.9. The second-order valence-electron chi connectivity index (χ2n) is 4.20. The van der Waals surface area contributed by atoms with Gasteiger partial charge in [-0.1, -0.05) is 28.1 Å². The van der Waals surface area contributed by atoms with Crippen molar-refractivity contribution in [3.8, 4) is 5.75 Å². The van der Waals surface area contributed by atoms with Crippen LogP contribution < -0.4 is 10.1 Å². The summed E-state index contributed by atoms with van der Waals surface area (Å²) in [7, 11) is 1.54. The molecule has 0 aliphatic rings. The van der Waals surface area contributed by atoms with Crippen molar-refractivity contribution in [1.29, 1.82) is 0 Å². The van der Waals surface area contributed by atoms with Crippen molar-refractivity contribution < 1.29 is 13.9 Å². The van der Waals surface area contributed by atoms with Crippen LogP contribution in [0, 0.1) is 5.82 Å². The molecule has 0 atom stereocenters. The van der Waals surface area contributed by atoms with Gasteiger partial charge >= 0.3 is 0 Å². The highest BCUT2D eigenvalue weighted by Gasteiger charge is 2.04. The topological polar surface area (TPSA) is 38.3 Å². The fourth-order valence-electron chi connectivity index (χ4n) is 1.69. The minimum atomic E-state index is -0.400. The smallest absolute Gasteiger partial charge is 0.187 e. The van der Waals surface area contributed by atoms with Gasteiger partial charge in [0.1, 0.15) is 11.6 Å². The molecule has 2 rings (SSSR count).